The van der Waals surface area contributed by atoms with Gasteiger partial charge in [-0.25, -0.2) is 4.98 Å². The molecule has 2 saturated heterocycles. The molecule has 0 saturated carbocycles. The molecule has 3 heterocycles. The zero-order valence-electron chi connectivity index (χ0n) is 14.4. The second-order valence-electron chi connectivity index (χ2n) is 6.85. The number of amides is 2. The molecule has 25 heavy (non-hydrogen) atoms. The van der Waals surface area contributed by atoms with Gasteiger partial charge >= 0.3 is 0 Å². The Morgan fingerprint density at radius 3 is 2.44 bits per heavy atom. The molecule has 0 bridgehead atoms. The first-order valence-corrected chi connectivity index (χ1v) is 8.94. The van der Waals surface area contributed by atoms with Crippen molar-refractivity contribution in [3.63, 3.8) is 0 Å². The molecule has 2 fully saturated rings. The van der Waals surface area contributed by atoms with Gasteiger partial charge in [0, 0.05) is 37.4 Å². The number of likely N-dealkylation sites (tertiary alicyclic amines) is 1. The normalized spacial score (nSPS) is 20.4. The third-order valence-electron chi connectivity index (χ3n) is 5.09. The lowest BCUT2D eigenvalue weighted by atomic mass is 9.96. The number of nitrogens with zero attached hydrogens (tertiary/aromatic N) is 4. The minimum absolute atomic E-state index is 0.0373. The number of hydrogen-bond acceptors (Lipinski definition) is 6. The Balaban J connectivity index is 1.38. The van der Waals surface area contributed by atoms with Gasteiger partial charge in [0.25, 0.3) is 0 Å². The molecule has 8 heteroatoms. The van der Waals surface area contributed by atoms with Gasteiger partial charge in [-0.15, -0.1) is 0 Å². The highest BCUT2D eigenvalue weighted by Gasteiger charge is 2.26. The Morgan fingerprint density at radius 1 is 1.12 bits per heavy atom. The molecule has 136 valence electrons. The predicted octanol–water partition coefficient (Wildman–Crippen LogP) is -0.241. The Bertz CT molecular complexity index is 580. The lowest BCUT2D eigenvalue weighted by Gasteiger charge is -2.34. The number of piperidine rings is 2. The van der Waals surface area contributed by atoms with Crippen molar-refractivity contribution < 1.29 is 9.59 Å². The van der Waals surface area contributed by atoms with Crippen molar-refractivity contribution in [1.82, 2.24) is 20.2 Å². The van der Waals surface area contributed by atoms with Crippen LogP contribution < -0.4 is 16.0 Å². The molecular weight excluding hydrogens is 320 g/mol. The molecule has 0 unspecified atom stereocenters. The molecule has 0 atom stereocenters. The summed E-state index contributed by atoms with van der Waals surface area (Å²) in [5.74, 6) is 0.698. The molecule has 0 radical (unpaired) electrons. The fourth-order valence-electron chi connectivity index (χ4n) is 3.56. The van der Waals surface area contributed by atoms with E-state index >= 15 is 0 Å². The summed E-state index contributed by atoms with van der Waals surface area (Å²) in [6.07, 6.45) is 8.46. The van der Waals surface area contributed by atoms with Gasteiger partial charge in [0.05, 0.1) is 12.7 Å². The van der Waals surface area contributed by atoms with Gasteiger partial charge in [-0.3, -0.25) is 19.5 Å². The third kappa shape index (κ3) is 4.88. The van der Waals surface area contributed by atoms with E-state index in [4.69, 9.17) is 5.73 Å². The fraction of sp³-hybridized carbons (Fsp3) is 0.647. The maximum absolute atomic E-state index is 12.3. The number of carbonyl (C=O) groups is 2. The lowest BCUT2D eigenvalue weighted by molar-refractivity contribution is -0.124. The van der Waals surface area contributed by atoms with Crippen molar-refractivity contribution in [2.24, 2.45) is 11.7 Å². The Kier molecular flexibility index (Phi) is 5.80. The molecule has 1 aromatic heterocycles. The average molecular weight is 346 g/mol. The van der Waals surface area contributed by atoms with Crippen LogP contribution >= 0.6 is 0 Å². The smallest absolute Gasteiger partial charge is 0.234 e. The van der Waals surface area contributed by atoms with E-state index in [1.54, 1.807) is 18.6 Å². The Morgan fingerprint density at radius 2 is 1.84 bits per heavy atom. The number of aromatic nitrogens is 2. The van der Waals surface area contributed by atoms with Crippen molar-refractivity contribution >= 4 is 17.6 Å². The third-order valence-corrected chi connectivity index (χ3v) is 5.09. The molecule has 3 N–H and O–H groups in total. The number of anilines is 1. The predicted molar refractivity (Wildman–Crippen MR) is 93.8 cm³/mol. The monoisotopic (exact) mass is 346 g/mol. The molecule has 1 aromatic rings. The summed E-state index contributed by atoms with van der Waals surface area (Å²) < 4.78 is 0. The second kappa shape index (κ2) is 8.24. The highest BCUT2D eigenvalue weighted by Crippen LogP contribution is 2.18. The fourth-order valence-corrected chi connectivity index (χ4v) is 3.56. The van der Waals surface area contributed by atoms with Gasteiger partial charge < -0.3 is 16.0 Å². The summed E-state index contributed by atoms with van der Waals surface area (Å²) in [6.45, 7) is 3.65. The number of nitrogens with one attached hydrogen (secondary N) is 1. The number of carbonyl (C=O) groups excluding carboxylic acids is 2. The lowest BCUT2D eigenvalue weighted by Crippen LogP contribution is -2.49. The Labute approximate surface area is 147 Å². The maximum atomic E-state index is 12.3. The maximum Gasteiger partial charge on any atom is 0.234 e. The topological polar surface area (TPSA) is 104 Å². The van der Waals surface area contributed by atoms with Gasteiger partial charge in [0.1, 0.15) is 5.82 Å². The minimum Gasteiger partial charge on any atom is -0.369 e. The number of nitrogens with two attached hydrogens (primary N) is 1. The number of hydrogen-bond donors (Lipinski definition) is 2. The van der Waals surface area contributed by atoms with Crippen molar-refractivity contribution in [1.29, 1.82) is 0 Å². The van der Waals surface area contributed by atoms with Crippen molar-refractivity contribution in [3.05, 3.63) is 18.6 Å². The second-order valence-corrected chi connectivity index (χ2v) is 6.85. The molecule has 2 aliphatic heterocycles. The number of rotatable bonds is 5. The summed E-state index contributed by atoms with van der Waals surface area (Å²) in [6, 6.07) is 0.212. The van der Waals surface area contributed by atoms with Crippen LogP contribution in [-0.4, -0.2) is 65.4 Å². The molecular formula is C17H26N6O2. The first-order chi connectivity index (χ1) is 12.1. The van der Waals surface area contributed by atoms with Crippen molar-refractivity contribution in [2.45, 2.75) is 31.7 Å². The zero-order valence-corrected chi connectivity index (χ0v) is 14.4. The van der Waals surface area contributed by atoms with Crippen LogP contribution in [0.3, 0.4) is 0 Å². The van der Waals surface area contributed by atoms with Gasteiger partial charge in [0.2, 0.25) is 11.8 Å². The van der Waals surface area contributed by atoms with Gasteiger partial charge in [-0.05, 0) is 38.8 Å². The standard InChI is InChI=1S/C17H26N6O2/c18-17(25)13-1-7-22(8-2-13)12-16(24)21-14-3-9-23(10-4-14)15-11-19-5-6-20-15/h5-6,11,13-14H,1-4,7-10,12H2,(H2,18,25)(H,21,24). The molecule has 0 aromatic carbocycles. The molecule has 2 amide bonds. The van der Waals surface area contributed by atoms with Crippen molar-refractivity contribution in [3.8, 4) is 0 Å². The van der Waals surface area contributed by atoms with E-state index in [-0.39, 0.29) is 23.8 Å². The van der Waals surface area contributed by atoms with E-state index in [1.807, 2.05) is 0 Å². The van der Waals surface area contributed by atoms with E-state index in [2.05, 4.69) is 25.1 Å². The summed E-state index contributed by atoms with van der Waals surface area (Å²) >= 11 is 0. The molecule has 0 aliphatic carbocycles. The van der Waals surface area contributed by atoms with Crippen LogP contribution in [-0.2, 0) is 9.59 Å². The largest absolute Gasteiger partial charge is 0.369 e. The van der Waals surface area contributed by atoms with Crippen LogP contribution in [0.25, 0.3) is 0 Å². The summed E-state index contributed by atoms with van der Waals surface area (Å²) in [7, 11) is 0. The van der Waals surface area contributed by atoms with Crippen LogP contribution in [0.5, 0.6) is 0 Å². The van der Waals surface area contributed by atoms with Crippen LogP contribution in [0.2, 0.25) is 0 Å². The summed E-state index contributed by atoms with van der Waals surface area (Å²) in [5.41, 5.74) is 5.34. The molecule has 0 spiro atoms. The number of primary amides is 1. The van der Waals surface area contributed by atoms with Crippen LogP contribution in [0.1, 0.15) is 25.7 Å². The highest BCUT2D eigenvalue weighted by molar-refractivity contribution is 5.79. The van der Waals surface area contributed by atoms with E-state index < -0.39 is 0 Å². The molecule has 2 aliphatic rings. The molecule has 8 nitrogen and oxygen atoms in total. The molecule has 3 rings (SSSR count). The average Bonchev–Trinajstić information content (AvgIpc) is 2.63. The van der Waals surface area contributed by atoms with Crippen LogP contribution in [0, 0.1) is 5.92 Å². The SMILES string of the molecule is NC(=O)C1CCN(CC(=O)NC2CCN(c3cnccn3)CC2)CC1. The van der Waals surface area contributed by atoms with Crippen molar-refractivity contribution in [2.75, 3.05) is 37.6 Å². The van der Waals surface area contributed by atoms with Crippen LogP contribution in [0.4, 0.5) is 5.82 Å². The zero-order chi connectivity index (χ0) is 17.6. The van der Waals surface area contributed by atoms with Gasteiger partial charge in [0.15, 0.2) is 0 Å². The minimum atomic E-state index is -0.223. The van der Waals surface area contributed by atoms with Gasteiger partial charge in [-0.2, -0.15) is 0 Å². The van der Waals surface area contributed by atoms with E-state index in [0.717, 1.165) is 57.7 Å². The summed E-state index contributed by atoms with van der Waals surface area (Å²) in [5, 5.41) is 3.14. The van der Waals surface area contributed by atoms with E-state index in [1.165, 1.54) is 0 Å². The first-order valence-electron chi connectivity index (χ1n) is 8.94. The first kappa shape index (κ1) is 17.6. The Hall–Kier alpha value is -2.22. The van der Waals surface area contributed by atoms with Crippen LogP contribution in [0.15, 0.2) is 18.6 Å². The summed E-state index contributed by atoms with van der Waals surface area (Å²) in [4.78, 5) is 36.2. The highest BCUT2D eigenvalue weighted by atomic mass is 16.2. The van der Waals surface area contributed by atoms with E-state index in [9.17, 15) is 9.59 Å². The quantitative estimate of drug-likeness (QED) is 0.762. The van der Waals surface area contributed by atoms with Gasteiger partial charge in [-0.1, -0.05) is 0 Å². The van der Waals surface area contributed by atoms with E-state index in [0.29, 0.717) is 6.54 Å².